The zero-order chi connectivity index (χ0) is 13.7. The van der Waals surface area contributed by atoms with Gasteiger partial charge in [0.05, 0.1) is 6.61 Å². The number of carbonyl (C=O) groups is 1. The van der Waals surface area contributed by atoms with E-state index in [0.29, 0.717) is 15.8 Å². The number of aliphatic hydroxyl groups excluding tert-OH is 1. The van der Waals surface area contributed by atoms with Gasteiger partial charge in [-0.15, -0.1) is 10.2 Å². The summed E-state index contributed by atoms with van der Waals surface area (Å²) in [5.74, 6) is -0.293. The number of aromatic nitrogens is 2. The normalized spacial score (nSPS) is 10.2. The number of rotatable bonds is 5. The van der Waals surface area contributed by atoms with E-state index in [4.69, 9.17) is 5.11 Å². The standard InChI is InChI=1S/C12H14N4O2S/c1-2-13-12-16-15-11(19-12)10(18)14-9-5-3-8(7-17)4-6-9/h3-6,17H,2,7H2,1H3,(H,13,16)(H,14,18). The van der Waals surface area contributed by atoms with E-state index in [1.165, 1.54) is 11.3 Å². The summed E-state index contributed by atoms with van der Waals surface area (Å²) in [6.07, 6.45) is 0. The minimum atomic E-state index is -0.293. The lowest BCUT2D eigenvalue weighted by atomic mass is 10.2. The molecule has 0 bridgehead atoms. The fraction of sp³-hybridized carbons (Fsp3) is 0.250. The van der Waals surface area contributed by atoms with Gasteiger partial charge in [0.15, 0.2) is 0 Å². The smallest absolute Gasteiger partial charge is 0.286 e. The number of benzene rings is 1. The van der Waals surface area contributed by atoms with Crippen molar-refractivity contribution in [3.05, 3.63) is 34.8 Å². The molecule has 2 rings (SSSR count). The fourth-order valence-corrected chi connectivity index (χ4v) is 2.12. The van der Waals surface area contributed by atoms with Gasteiger partial charge in [0.1, 0.15) is 0 Å². The van der Waals surface area contributed by atoms with E-state index < -0.39 is 0 Å². The van der Waals surface area contributed by atoms with E-state index in [0.717, 1.165) is 12.1 Å². The molecule has 100 valence electrons. The van der Waals surface area contributed by atoms with Crippen molar-refractivity contribution in [2.75, 3.05) is 17.2 Å². The van der Waals surface area contributed by atoms with Crippen molar-refractivity contribution in [3.8, 4) is 0 Å². The fourth-order valence-electron chi connectivity index (χ4n) is 1.42. The van der Waals surface area contributed by atoms with Crippen molar-refractivity contribution >= 4 is 28.1 Å². The van der Waals surface area contributed by atoms with E-state index in [-0.39, 0.29) is 12.5 Å². The van der Waals surface area contributed by atoms with Crippen LogP contribution in [0.5, 0.6) is 0 Å². The average Bonchev–Trinajstić information content (AvgIpc) is 2.89. The van der Waals surface area contributed by atoms with Crippen LogP contribution in [0.2, 0.25) is 0 Å². The number of carbonyl (C=O) groups excluding carboxylic acids is 1. The second-order valence-corrected chi connectivity index (χ2v) is 4.73. The molecule has 6 nitrogen and oxygen atoms in total. The molecular formula is C12H14N4O2S. The summed E-state index contributed by atoms with van der Waals surface area (Å²) >= 11 is 1.21. The van der Waals surface area contributed by atoms with Crippen molar-refractivity contribution in [1.29, 1.82) is 0 Å². The Bertz CT molecular complexity index is 553. The van der Waals surface area contributed by atoms with Crippen LogP contribution in [0, 0.1) is 0 Å². The molecule has 1 amide bonds. The van der Waals surface area contributed by atoms with Gasteiger partial charge in [-0.1, -0.05) is 23.5 Å². The summed E-state index contributed by atoms with van der Waals surface area (Å²) < 4.78 is 0. The predicted octanol–water partition coefficient (Wildman–Crippen LogP) is 1.71. The highest BCUT2D eigenvalue weighted by Crippen LogP contribution is 2.17. The molecule has 0 unspecified atom stereocenters. The molecule has 0 saturated heterocycles. The molecule has 0 radical (unpaired) electrons. The van der Waals surface area contributed by atoms with Crippen molar-refractivity contribution in [2.24, 2.45) is 0 Å². The van der Waals surface area contributed by atoms with Crippen LogP contribution in [-0.4, -0.2) is 27.8 Å². The van der Waals surface area contributed by atoms with Gasteiger partial charge in [-0.05, 0) is 24.6 Å². The Kier molecular flexibility index (Phi) is 4.43. The summed E-state index contributed by atoms with van der Waals surface area (Å²) in [6, 6.07) is 6.96. The monoisotopic (exact) mass is 278 g/mol. The lowest BCUT2D eigenvalue weighted by molar-refractivity contribution is 0.102. The van der Waals surface area contributed by atoms with Crippen LogP contribution in [0.1, 0.15) is 22.3 Å². The molecule has 1 heterocycles. The van der Waals surface area contributed by atoms with Gasteiger partial charge in [0, 0.05) is 12.2 Å². The van der Waals surface area contributed by atoms with Crippen molar-refractivity contribution < 1.29 is 9.90 Å². The molecule has 0 spiro atoms. The maximum absolute atomic E-state index is 11.9. The minimum Gasteiger partial charge on any atom is -0.392 e. The van der Waals surface area contributed by atoms with Crippen molar-refractivity contribution in [1.82, 2.24) is 10.2 Å². The summed E-state index contributed by atoms with van der Waals surface area (Å²) in [4.78, 5) is 11.9. The van der Waals surface area contributed by atoms with Gasteiger partial charge in [0.2, 0.25) is 10.1 Å². The molecular weight excluding hydrogens is 264 g/mol. The highest BCUT2D eigenvalue weighted by atomic mass is 32.1. The number of anilines is 2. The highest BCUT2D eigenvalue weighted by Gasteiger charge is 2.12. The van der Waals surface area contributed by atoms with Gasteiger partial charge in [-0.3, -0.25) is 4.79 Å². The van der Waals surface area contributed by atoms with Gasteiger partial charge in [0.25, 0.3) is 5.91 Å². The van der Waals surface area contributed by atoms with Gasteiger partial charge in [-0.25, -0.2) is 0 Å². The first kappa shape index (κ1) is 13.4. The van der Waals surface area contributed by atoms with E-state index in [1.54, 1.807) is 24.3 Å². The Morgan fingerprint density at radius 2 is 2.05 bits per heavy atom. The first-order valence-electron chi connectivity index (χ1n) is 5.81. The van der Waals surface area contributed by atoms with Crippen LogP contribution in [0.4, 0.5) is 10.8 Å². The SMILES string of the molecule is CCNc1nnc(C(=O)Nc2ccc(CO)cc2)s1. The third kappa shape index (κ3) is 3.49. The second-order valence-electron chi connectivity index (χ2n) is 3.75. The molecule has 1 aromatic heterocycles. The third-order valence-corrected chi connectivity index (χ3v) is 3.22. The van der Waals surface area contributed by atoms with Crippen molar-refractivity contribution in [2.45, 2.75) is 13.5 Å². The topological polar surface area (TPSA) is 87.1 Å². The van der Waals surface area contributed by atoms with Crippen LogP contribution in [0.25, 0.3) is 0 Å². The first-order chi connectivity index (χ1) is 9.22. The zero-order valence-corrected chi connectivity index (χ0v) is 11.2. The van der Waals surface area contributed by atoms with Crippen molar-refractivity contribution in [3.63, 3.8) is 0 Å². The van der Waals surface area contributed by atoms with Crippen LogP contribution in [0.15, 0.2) is 24.3 Å². The molecule has 0 aliphatic heterocycles. The summed E-state index contributed by atoms with van der Waals surface area (Å²) in [6.45, 7) is 2.67. The maximum atomic E-state index is 11.9. The van der Waals surface area contributed by atoms with Crippen LogP contribution in [-0.2, 0) is 6.61 Å². The zero-order valence-electron chi connectivity index (χ0n) is 10.4. The molecule has 7 heteroatoms. The first-order valence-corrected chi connectivity index (χ1v) is 6.63. The number of hydrogen-bond donors (Lipinski definition) is 3. The molecule has 2 aromatic rings. The molecule has 0 fully saturated rings. The molecule has 0 aliphatic carbocycles. The Hall–Kier alpha value is -1.99. The quantitative estimate of drug-likeness (QED) is 0.775. The van der Waals surface area contributed by atoms with Gasteiger partial charge >= 0.3 is 0 Å². The predicted molar refractivity (Wildman–Crippen MR) is 74.4 cm³/mol. The van der Waals surface area contributed by atoms with E-state index in [2.05, 4.69) is 20.8 Å². The number of amides is 1. The van der Waals surface area contributed by atoms with Gasteiger partial charge in [-0.2, -0.15) is 0 Å². The molecule has 0 saturated carbocycles. The maximum Gasteiger partial charge on any atom is 0.286 e. The van der Waals surface area contributed by atoms with Crippen LogP contribution in [0.3, 0.4) is 0 Å². The largest absolute Gasteiger partial charge is 0.392 e. The molecule has 0 atom stereocenters. The Labute approximate surface area is 114 Å². The third-order valence-electron chi connectivity index (χ3n) is 2.34. The van der Waals surface area contributed by atoms with E-state index >= 15 is 0 Å². The molecule has 1 aromatic carbocycles. The highest BCUT2D eigenvalue weighted by molar-refractivity contribution is 7.17. The Morgan fingerprint density at radius 3 is 2.68 bits per heavy atom. The number of nitrogens with zero attached hydrogens (tertiary/aromatic N) is 2. The Morgan fingerprint density at radius 1 is 1.32 bits per heavy atom. The van der Waals surface area contributed by atoms with Crippen LogP contribution < -0.4 is 10.6 Å². The number of nitrogens with one attached hydrogen (secondary N) is 2. The van der Waals surface area contributed by atoms with E-state index in [9.17, 15) is 4.79 Å². The summed E-state index contributed by atoms with van der Waals surface area (Å²) in [5.41, 5.74) is 1.45. The number of aliphatic hydroxyl groups is 1. The Balaban J connectivity index is 2.02. The molecule has 19 heavy (non-hydrogen) atoms. The van der Waals surface area contributed by atoms with E-state index in [1.807, 2.05) is 6.92 Å². The summed E-state index contributed by atoms with van der Waals surface area (Å²) in [5, 5.41) is 23.3. The van der Waals surface area contributed by atoms with Gasteiger partial charge < -0.3 is 15.7 Å². The van der Waals surface area contributed by atoms with Crippen LogP contribution >= 0.6 is 11.3 Å². The minimum absolute atomic E-state index is 0.0172. The lowest BCUT2D eigenvalue weighted by Crippen LogP contribution is -2.11. The lowest BCUT2D eigenvalue weighted by Gasteiger charge is -2.03. The molecule has 0 aliphatic rings. The number of hydrogen-bond acceptors (Lipinski definition) is 6. The second kappa shape index (κ2) is 6.26. The summed E-state index contributed by atoms with van der Waals surface area (Å²) in [7, 11) is 0. The molecule has 3 N–H and O–H groups in total. The average molecular weight is 278 g/mol.